The molecule has 0 amide bonds. The number of alkyl halides is 2. The van der Waals surface area contributed by atoms with Gasteiger partial charge in [0.05, 0.1) is 18.8 Å². The van der Waals surface area contributed by atoms with Crippen LogP contribution in [-0.2, 0) is 4.74 Å². The van der Waals surface area contributed by atoms with E-state index in [2.05, 4.69) is 4.74 Å². The third-order valence-corrected chi connectivity index (χ3v) is 2.14. The molecule has 0 saturated carbocycles. The smallest absolute Gasteiger partial charge is 0.387 e. The Balaban J connectivity index is 2.54. The average molecular weight is 245 g/mol. The summed E-state index contributed by atoms with van der Waals surface area (Å²) in [5.74, 6) is 0.126. The van der Waals surface area contributed by atoms with E-state index in [9.17, 15) is 8.78 Å². The van der Waals surface area contributed by atoms with Crippen molar-refractivity contribution in [2.75, 3.05) is 6.61 Å². The summed E-state index contributed by atoms with van der Waals surface area (Å²) >= 11 is 0. The molecule has 1 unspecified atom stereocenters. The molecule has 0 spiro atoms. The first-order valence-electron chi connectivity index (χ1n) is 5.41. The highest BCUT2D eigenvalue weighted by atomic mass is 19.3. The van der Waals surface area contributed by atoms with Gasteiger partial charge in [0.2, 0.25) is 0 Å². The highest BCUT2D eigenvalue weighted by Crippen LogP contribution is 2.18. The third kappa shape index (κ3) is 5.10. The fourth-order valence-corrected chi connectivity index (χ4v) is 1.29. The Hall–Kier alpha value is -1.20. The van der Waals surface area contributed by atoms with Crippen molar-refractivity contribution >= 4 is 0 Å². The topological polar surface area (TPSA) is 44.5 Å². The Kier molecular flexibility index (Phi) is 5.31. The molecule has 1 aromatic rings. The van der Waals surface area contributed by atoms with Crippen LogP contribution in [0.25, 0.3) is 0 Å². The second-order valence-electron chi connectivity index (χ2n) is 3.94. The Bertz CT molecular complexity index is 328. The fourth-order valence-electron chi connectivity index (χ4n) is 1.29. The standard InChI is InChI=1S/C12H17F2NO2/c1-8(2)16-7-11(15)9-3-5-10(6-4-9)17-12(13)14/h3-6,8,11-12H,7,15H2,1-2H3. The number of hydrogen-bond donors (Lipinski definition) is 1. The molecule has 5 heteroatoms. The number of halogens is 2. The van der Waals surface area contributed by atoms with Crippen LogP contribution in [0.3, 0.4) is 0 Å². The molecule has 0 aromatic heterocycles. The summed E-state index contributed by atoms with van der Waals surface area (Å²) in [6, 6.07) is 5.99. The molecule has 3 nitrogen and oxygen atoms in total. The van der Waals surface area contributed by atoms with E-state index in [0.717, 1.165) is 5.56 Å². The molecular formula is C12H17F2NO2. The molecular weight excluding hydrogens is 228 g/mol. The lowest BCUT2D eigenvalue weighted by Gasteiger charge is -2.15. The minimum absolute atomic E-state index is 0.113. The van der Waals surface area contributed by atoms with Crippen LogP contribution in [-0.4, -0.2) is 19.3 Å². The molecule has 0 bridgehead atoms. The Labute approximate surface area is 99.5 Å². The molecule has 17 heavy (non-hydrogen) atoms. The zero-order valence-corrected chi connectivity index (χ0v) is 9.90. The molecule has 0 fully saturated rings. The maximum absolute atomic E-state index is 11.9. The van der Waals surface area contributed by atoms with Crippen LogP contribution < -0.4 is 10.5 Å². The number of hydrogen-bond acceptors (Lipinski definition) is 3. The number of nitrogens with two attached hydrogens (primary N) is 1. The van der Waals surface area contributed by atoms with Crippen LogP contribution in [0.1, 0.15) is 25.5 Å². The van der Waals surface area contributed by atoms with Crippen molar-refractivity contribution in [2.45, 2.75) is 32.6 Å². The zero-order chi connectivity index (χ0) is 12.8. The quantitative estimate of drug-likeness (QED) is 0.838. The first-order valence-corrected chi connectivity index (χ1v) is 5.41. The molecule has 0 aliphatic carbocycles. The molecule has 2 N–H and O–H groups in total. The van der Waals surface area contributed by atoms with Gasteiger partial charge in [0, 0.05) is 0 Å². The van der Waals surface area contributed by atoms with Crippen molar-refractivity contribution in [2.24, 2.45) is 5.73 Å². The monoisotopic (exact) mass is 245 g/mol. The van der Waals surface area contributed by atoms with Gasteiger partial charge >= 0.3 is 6.61 Å². The van der Waals surface area contributed by atoms with Gasteiger partial charge in [-0.3, -0.25) is 0 Å². The summed E-state index contributed by atoms with van der Waals surface area (Å²) in [5.41, 5.74) is 6.71. The Morgan fingerprint density at radius 2 is 1.76 bits per heavy atom. The summed E-state index contributed by atoms with van der Waals surface area (Å²) < 4.78 is 33.5. The van der Waals surface area contributed by atoms with Crippen molar-refractivity contribution in [3.05, 3.63) is 29.8 Å². The van der Waals surface area contributed by atoms with E-state index in [1.165, 1.54) is 12.1 Å². The van der Waals surface area contributed by atoms with E-state index in [0.29, 0.717) is 6.61 Å². The third-order valence-electron chi connectivity index (χ3n) is 2.14. The van der Waals surface area contributed by atoms with Gasteiger partial charge < -0.3 is 15.2 Å². The first-order chi connectivity index (χ1) is 7.99. The van der Waals surface area contributed by atoms with E-state index < -0.39 is 6.61 Å². The Morgan fingerprint density at radius 1 is 1.18 bits per heavy atom. The van der Waals surface area contributed by atoms with Gasteiger partial charge in [-0.1, -0.05) is 12.1 Å². The SMILES string of the molecule is CC(C)OCC(N)c1ccc(OC(F)F)cc1. The van der Waals surface area contributed by atoms with E-state index in [1.807, 2.05) is 13.8 Å². The molecule has 96 valence electrons. The number of ether oxygens (including phenoxy) is 2. The average Bonchev–Trinajstić information content (AvgIpc) is 2.26. The maximum atomic E-state index is 11.9. The number of rotatable bonds is 6. The van der Waals surface area contributed by atoms with Crippen molar-refractivity contribution in [1.29, 1.82) is 0 Å². The summed E-state index contributed by atoms with van der Waals surface area (Å²) in [4.78, 5) is 0. The van der Waals surface area contributed by atoms with Crippen LogP contribution in [0.4, 0.5) is 8.78 Å². The van der Waals surface area contributed by atoms with Crippen molar-refractivity contribution < 1.29 is 18.3 Å². The van der Waals surface area contributed by atoms with E-state index in [1.54, 1.807) is 12.1 Å². The zero-order valence-electron chi connectivity index (χ0n) is 9.90. The first kappa shape index (κ1) is 13.9. The molecule has 0 saturated heterocycles. The van der Waals surface area contributed by atoms with Crippen LogP contribution in [0.5, 0.6) is 5.75 Å². The molecule has 1 rings (SSSR count). The molecule has 1 atom stereocenters. The van der Waals surface area contributed by atoms with E-state index in [-0.39, 0.29) is 17.9 Å². The molecule has 0 aliphatic rings. The van der Waals surface area contributed by atoms with E-state index >= 15 is 0 Å². The lowest BCUT2D eigenvalue weighted by Crippen LogP contribution is -2.19. The Morgan fingerprint density at radius 3 is 2.24 bits per heavy atom. The minimum atomic E-state index is -2.81. The van der Waals surface area contributed by atoms with Crippen molar-refractivity contribution in [1.82, 2.24) is 0 Å². The van der Waals surface area contributed by atoms with Crippen molar-refractivity contribution in [3.63, 3.8) is 0 Å². The second kappa shape index (κ2) is 6.51. The van der Waals surface area contributed by atoms with Gasteiger partial charge in [-0.15, -0.1) is 0 Å². The van der Waals surface area contributed by atoms with Crippen LogP contribution >= 0.6 is 0 Å². The molecule has 0 radical (unpaired) electrons. The highest BCUT2D eigenvalue weighted by Gasteiger charge is 2.09. The van der Waals surface area contributed by atoms with Gasteiger partial charge in [-0.2, -0.15) is 8.78 Å². The van der Waals surface area contributed by atoms with Crippen molar-refractivity contribution in [3.8, 4) is 5.75 Å². The van der Waals surface area contributed by atoms with Gasteiger partial charge in [-0.05, 0) is 31.5 Å². The molecule has 0 aliphatic heterocycles. The van der Waals surface area contributed by atoms with Gasteiger partial charge in [0.1, 0.15) is 5.75 Å². The highest BCUT2D eigenvalue weighted by molar-refractivity contribution is 5.29. The predicted octanol–water partition coefficient (Wildman–Crippen LogP) is 2.71. The number of benzene rings is 1. The minimum Gasteiger partial charge on any atom is -0.435 e. The predicted molar refractivity (Wildman–Crippen MR) is 61.1 cm³/mol. The van der Waals surface area contributed by atoms with Gasteiger partial charge in [0.25, 0.3) is 0 Å². The summed E-state index contributed by atoms with van der Waals surface area (Å²) in [5, 5.41) is 0. The lowest BCUT2D eigenvalue weighted by molar-refractivity contribution is -0.0498. The largest absolute Gasteiger partial charge is 0.435 e. The fraction of sp³-hybridized carbons (Fsp3) is 0.500. The summed E-state index contributed by atoms with van der Waals surface area (Å²) in [7, 11) is 0. The lowest BCUT2D eigenvalue weighted by atomic mass is 10.1. The second-order valence-corrected chi connectivity index (χ2v) is 3.94. The molecule has 1 aromatic carbocycles. The summed E-state index contributed by atoms with van der Waals surface area (Å²) in [6.07, 6.45) is 0.113. The maximum Gasteiger partial charge on any atom is 0.387 e. The van der Waals surface area contributed by atoms with Crippen LogP contribution in [0.15, 0.2) is 24.3 Å². The van der Waals surface area contributed by atoms with Crippen LogP contribution in [0.2, 0.25) is 0 Å². The van der Waals surface area contributed by atoms with Gasteiger partial charge in [0.15, 0.2) is 0 Å². The molecule has 0 heterocycles. The normalized spacial score (nSPS) is 13.1. The van der Waals surface area contributed by atoms with E-state index in [4.69, 9.17) is 10.5 Å². The summed E-state index contributed by atoms with van der Waals surface area (Å²) in [6.45, 7) is 1.43. The van der Waals surface area contributed by atoms with Crippen LogP contribution in [0, 0.1) is 0 Å². The van der Waals surface area contributed by atoms with Gasteiger partial charge in [-0.25, -0.2) is 0 Å².